The Morgan fingerprint density at radius 3 is 2.50 bits per heavy atom. The van der Waals surface area contributed by atoms with Crippen molar-refractivity contribution in [3.8, 4) is 10.7 Å². The first-order valence-electron chi connectivity index (χ1n) is 11.5. The third-order valence-electron chi connectivity index (χ3n) is 6.42. The molecule has 176 valence electrons. The topological polar surface area (TPSA) is 105 Å². The van der Waals surface area contributed by atoms with Crippen LogP contribution in [0.4, 0.5) is 0 Å². The van der Waals surface area contributed by atoms with E-state index in [0.29, 0.717) is 52.3 Å². The van der Waals surface area contributed by atoms with Gasteiger partial charge in [0.25, 0.3) is 0 Å². The van der Waals surface area contributed by atoms with E-state index in [1.54, 1.807) is 13.0 Å². The van der Waals surface area contributed by atoms with Crippen LogP contribution in [0.2, 0.25) is 0 Å². The fraction of sp³-hybridized carbons (Fsp3) is 0.682. The maximum Gasteiger partial charge on any atom is 0.244 e. The molecule has 0 radical (unpaired) electrons. The van der Waals surface area contributed by atoms with Crippen molar-refractivity contribution >= 4 is 27.3 Å². The van der Waals surface area contributed by atoms with E-state index in [9.17, 15) is 13.2 Å². The molecule has 4 rings (SSSR count). The van der Waals surface area contributed by atoms with Gasteiger partial charge in [-0.25, -0.2) is 8.42 Å². The number of nitrogens with one attached hydrogen (secondary N) is 1. The van der Waals surface area contributed by atoms with Gasteiger partial charge >= 0.3 is 0 Å². The first-order valence-corrected chi connectivity index (χ1v) is 13.8. The summed E-state index contributed by atoms with van der Waals surface area (Å²) in [5, 5.41) is 7.19. The van der Waals surface area contributed by atoms with Gasteiger partial charge in [0.15, 0.2) is 0 Å². The maximum atomic E-state index is 13.3. The first-order chi connectivity index (χ1) is 15.3. The molecule has 1 saturated heterocycles. The van der Waals surface area contributed by atoms with E-state index in [1.807, 2.05) is 13.8 Å². The lowest BCUT2D eigenvalue weighted by atomic mass is 9.93. The van der Waals surface area contributed by atoms with Crippen LogP contribution < -0.4 is 5.32 Å². The molecule has 1 aliphatic carbocycles. The minimum Gasteiger partial charge on any atom is -0.353 e. The molecule has 1 amide bonds. The molecule has 1 saturated carbocycles. The van der Waals surface area contributed by atoms with Crippen molar-refractivity contribution in [2.45, 2.75) is 82.6 Å². The van der Waals surface area contributed by atoms with E-state index in [1.165, 1.54) is 34.9 Å². The summed E-state index contributed by atoms with van der Waals surface area (Å²) in [5.41, 5.74) is 0. The van der Waals surface area contributed by atoms with Gasteiger partial charge in [0.1, 0.15) is 0 Å². The van der Waals surface area contributed by atoms with Gasteiger partial charge < -0.3 is 9.84 Å². The largest absolute Gasteiger partial charge is 0.353 e. The molecular formula is C22H32N4O4S2. The number of rotatable bonds is 6. The fourth-order valence-electron chi connectivity index (χ4n) is 4.46. The normalized spacial score (nSPS) is 19.5. The number of aryl methyl sites for hydroxylation is 1. The zero-order valence-corrected chi connectivity index (χ0v) is 20.6. The standard InChI is InChI=1S/C22H32N4O4S2/c1-14(2)22-24-20(25-30-22)18-13-19(15(3)31-18)32(28,29)26-11-9-16(10-12-26)21(27)23-17-7-5-4-6-8-17/h13-14,16-17H,4-12H2,1-3H3,(H,23,27). The molecule has 0 spiro atoms. The lowest BCUT2D eigenvalue weighted by molar-refractivity contribution is -0.127. The summed E-state index contributed by atoms with van der Waals surface area (Å²) in [5.74, 6) is 1.03. The number of aromatic nitrogens is 2. The minimum absolute atomic E-state index is 0.0843. The zero-order valence-electron chi connectivity index (χ0n) is 19.0. The molecule has 1 N–H and O–H groups in total. The monoisotopic (exact) mass is 480 g/mol. The molecule has 2 aliphatic rings. The highest BCUT2D eigenvalue weighted by molar-refractivity contribution is 7.89. The van der Waals surface area contributed by atoms with Crippen LogP contribution in [0.3, 0.4) is 0 Å². The number of piperidine rings is 1. The Kier molecular flexibility index (Phi) is 7.02. The molecule has 2 fully saturated rings. The predicted octanol–water partition coefficient (Wildman–Crippen LogP) is 4.08. The van der Waals surface area contributed by atoms with Crippen molar-refractivity contribution in [2.75, 3.05) is 13.1 Å². The summed E-state index contributed by atoms with van der Waals surface area (Å²) >= 11 is 1.35. The van der Waals surface area contributed by atoms with Crippen LogP contribution in [0.1, 0.15) is 75.5 Å². The van der Waals surface area contributed by atoms with Gasteiger partial charge in [0.05, 0.1) is 9.77 Å². The SMILES string of the molecule is Cc1sc(-c2noc(C(C)C)n2)cc1S(=O)(=O)N1CCC(C(=O)NC2CCCCC2)CC1. The molecular weight excluding hydrogens is 448 g/mol. The van der Waals surface area contributed by atoms with Gasteiger partial charge in [-0.1, -0.05) is 38.3 Å². The van der Waals surface area contributed by atoms with E-state index >= 15 is 0 Å². The van der Waals surface area contributed by atoms with Crippen molar-refractivity contribution in [2.24, 2.45) is 5.92 Å². The summed E-state index contributed by atoms with van der Waals surface area (Å²) in [6.45, 7) is 6.44. The van der Waals surface area contributed by atoms with Crippen molar-refractivity contribution in [1.29, 1.82) is 0 Å². The Balaban J connectivity index is 1.41. The van der Waals surface area contributed by atoms with Crippen LogP contribution in [0.15, 0.2) is 15.5 Å². The van der Waals surface area contributed by atoms with Crippen LogP contribution in [-0.4, -0.2) is 47.9 Å². The van der Waals surface area contributed by atoms with Gasteiger partial charge in [-0.15, -0.1) is 11.3 Å². The molecule has 8 nitrogen and oxygen atoms in total. The number of hydrogen-bond donors (Lipinski definition) is 1. The summed E-state index contributed by atoms with van der Waals surface area (Å²) in [4.78, 5) is 18.7. The van der Waals surface area contributed by atoms with Crippen LogP contribution in [0.5, 0.6) is 0 Å². The molecule has 0 aromatic carbocycles. The van der Waals surface area contributed by atoms with Crippen molar-refractivity contribution in [3.05, 3.63) is 16.8 Å². The molecule has 10 heteroatoms. The molecule has 0 atom stereocenters. The van der Waals surface area contributed by atoms with Crippen LogP contribution >= 0.6 is 11.3 Å². The second kappa shape index (κ2) is 9.61. The van der Waals surface area contributed by atoms with E-state index in [-0.39, 0.29) is 23.8 Å². The van der Waals surface area contributed by atoms with Gasteiger partial charge in [-0.05, 0) is 38.7 Å². The summed E-state index contributed by atoms with van der Waals surface area (Å²) in [6.07, 6.45) is 6.80. The predicted molar refractivity (Wildman–Crippen MR) is 123 cm³/mol. The van der Waals surface area contributed by atoms with Crippen LogP contribution in [0, 0.1) is 12.8 Å². The summed E-state index contributed by atoms with van der Waals surface area (Å²) in [6, 6.07) is 1.93. The second-order valence-electron chi connectivity index (χ2n) is 9.16. The first kappa shape index (κ1) is 23.4. The molecule has 2 aromatic heterocycles. The fourth-order valence-corrected chi connectivity index (χ4v) is 7.42. The van der Waals surface area contributed by atoms with Gasteiger partial charge in [-0.3, -0.25) is 4.79 Å². The number of carbonyl (C=O) groups is 1. The molecule has 3 heterocycles. The van der Waals surface area contributed by atoms with Gasteiger partial charge in [0, 0.05) is 35.8 Å². The number of nitrogens with zero attached hydrogens (tertiary/aromatic N) is 3. The second-order valence-corrected chi connectivity index (χ2v) is 12.3. The van der Waals surface area contributed by atoms with Gasteiger partial charge in [0.2, 0.25) is 27.6 Å². The lowest BCUT2D eigenvalue weighted by Gasteiger charge is -2.32. The zero-order chi connectivity index (χ0) is 22.9. The molecule has 0 bridgehead atoms. The Labute approximate surface area is 193 Å². The van der Waals surface area contributed by atoms with Crippen molar-refractivity contribution < 1.29 is 17.7 Å². The molecule has 2 aromatic rings. The summed E-state index contributed by atoms with van der Waals surface area (Å²) in [7, 11) is -3.64. The molecule has 32 heavy (non-hydrogen) atoms. The Bertz CT molecular complexity index is 1050. The van der Waals surface area contributed by atoms with Crippen LogP contribution in [0.25, 0.3) is 10.7 Å². The highest BCUT2D eigenvalue weighted by atomic mass is 32.2. The van der Waals surface area contributed by atoms with Crippen molar-refractivity contribution in [1.82, 2.24) is 19.8 Å². The molecule has 0 unspecified atom stereocenters. The van der Waals surface area contributed by atoms with Crippen LogP contribution in [-0.2, 0) is 14.8 Å². The Morgan fingerprint density at radius 2 is 1.88 bits per heavy atom. The van der Waals surface area contributed by atoms with E-state index in [2.05, 4.69) is 15.5 Å². The van der Waals surface area contributed by atoms with E-state index in [4.69, 9.17) is 4.52 Å². The summed E-state index contributed by atoms with van der Waals surface area (Å²) < 4.78 is 33.4. The van der Waals surface area contributed by atoms with Gasteiger partial charge in [-0.2, -0.15) is 9.29 Å². The average Bonchev–Trinajstić information content (AvgIpc) is 3.42. The number of sulfonamides is 1. The number of amides is 1. The highest BCUT2D eigenvalue weighted by Gasteiger charge is 2.34. The third kappa shape index (κ3) is 4.92. The number of hydrogen-bond acceptors (Lipinski definition) is 7. The Hall–Kier alpha value is -1.78. The highest BCUT2D eigenvalue weighted by Crippen LogP contribution is 2.35. The van der Waals surface area contributed by atoms with Crippen molar-refractivity contribution in [3.63, 3.8) is 0 Å². The lowest BCUT2D eigenvalue weighted by Crippen LogP contribution is -2.45. The van der Waals surface area contributed by atoms with E-state index in [0.717, 1.165) is 12.8 Å². The third-order valence-corrected chi connectivity index (χ3v) is 9.62. The van der Waals surface area contributed by atoms with E-state index < -0.39 is 10.0 Å². The molecule has 1 aliphatic heterocycles. The number of thiophene rings is 1. The maximum absolute atomic E-state index is 13.3. The quantitative estimate of drug-likeness (QED) is 0.668. The minimum atomic E-state index is -3.64. The average molecular weight is 481 g/mol. The Morgan fingerprint density at radius 1 is 1.19 bits per heavy atom. The number of carbonyl (C=O) groups excluding carboxylic acids is 1. The smallest absolute Gasteiger partial charge is 0.244 e.